The van der Waals surface area contributed by atoms with Crippen molar-refractivity contribution in [2.45, 2.75) is 6.61 Å². The van der Waals surface area contributed by atoms with E-state index in [-0.39, 0.29) is 12.4 Å². The number of phenolic OH excluding ortho intramolecular Hbond substituents is 1. The Kier molecular flexibility index (Phi) is 4.96. The zero-order valence-corrected chi connectivity index (χ0v) is 10.8. The van der Waals surface area contributed by atoms with E-state index in [9.17, 15) is 9.67 Å². The van der Waals surface area contributed by atoms with Crippen LogP contribution in [0.4, 0.5) is 0 Å². The third-order valence-electron chi connectivity index (χ3n) is 2.12. The number of ether oxygens (including phenoxy) is 1. The largest absolute Gasteiger partial charge is 0.507 e. The highest BCUT2D eigenvalue weighted by atomic mass is 31.2. The first-order valence-electron chi connectivity index (χ1n) is 4.76. The molecule has 0 heterocycles. The lowest BCUT2D eigenvalue weighted by atomic mass is 10.2. The Balaban J connectivity index is 2.73. The zero-order chi connectivity index (χ0) is 12.9. The molecule has 96 valence electrons. The van der Waals surface area contributed by atoms with Gasteiger partial charge >= 0.3 is 7.82 Å². The van der Waals surface area contributed by atoms with Crippen molar-refractivity contribution in [3.8, 4) is 11.5 Å². The first-order valence-corrected chi connectivity index (χ1v) is 6.22. The number of phosphoric ester groups is 1. The van der Waals surface area contributed by atoms with Gasteiger partial charge in [-0.25, -0.2) is 4.57 Å². The molecule has 17 heavy (non-hydrogen) atoms. The minimum Gasteiger partial charge on any atom is -0.507 e. The first kappa shape index (κ1) is 14.0. The highest BCUT2D eigenvalue weighted by molar-refractivity contribution is 7.48. The van der Waals surface area contributed by atoms with E-state index >= 15 is 0 Å². The van der Waals surface area contributed by atoms with Crippen molar-refractivity contribution in [1.29, 1.82) is 0 Å². The van der Waals surface area contributed by atoms with Gasteiger partial charge in [0, 0.05) is 25.8 Å². The van der Waals surface area contributed by atoms with Gasteiger partial charge in [0.1, 0.15) is 11.5 Å². The fourth-order valence-electron chi connectivity index (χ4n) is 1.12. The quantitative estimate of drug-likeness (QED) is 0.793. The number of aromatic hydroxyl groups is 1. The van der Waals surface area contributed by atoms with Gasteiger partial charge in [0.2, 0.25) is 0 Å². The van der Waals surface area contributed by atoms with Crippen molar-refractivity contribution in [2.75, 3.05) is 21.3 Å². The summed E-state index contributed by atoms with van der Waals surface area (Å²) in [6.45, 7) is -0.0885. The normalized spacial score (nSPS) is 11.5. The number of benzene rings is 1. The third kappa shape index (κ3) is 3.71. The molecular formula is C10H15O6P. The van der Waals surface area contributed by atoms with Crippen LogP contribution < -0.4 is 4.74 Å². The summed E-state index contributed by atoms with van der Waals surface area (Å²) in [5.74, 6) is 0.510. The maximum atomic E-state index is 11.6. The molecular weight excluding hydrogens is 247 g/mol. The van der Waals surface area contributed by atoms with Gasteiger partial charge in [-0.2, -0.15) is 0 Å². The van der Waals surface area contributed by atoms with E-state index in [2.05, 4.69) is 9.05 Å². The third-order valence-corrected chi connectivity index (χ3v) is 3.46. The second-order valence-electron chi connectivity index (χ2n) is 3.08. The molecule has 6 nitrogen and oxygen atoms in total. The van der Waals surface area contributed by atoms with E-state index in [4.69, 9.17) is 9.26 Å². The smallest absolute Gasteiger partial charge is 0.474 e. The van der Waals surface area contributed by atoms with Crippen LogP contribution in [0.5, 0.6) is 11.5 Å². The van der Waals surface area contributed by atoms with Gasteiger partial charge in [0.25, 0.3) is 0 Å². The first-order chi connectivity index (χ1) is 8.04. The predicted octanol–water partition coefficient (Wildman–Crippen LogP) is 2.32. The topological polar surface area (TPSA) is 74.2 Å². The Morgan fingerprint density at radius 1 is 1.24 bits per heavy atom. The number of hydrogen-bond acceptors (Lipinski definition) is 6. The maximum absolute atomic E-state index is 11.6. The molecule has 0 bridgehead atoms. The van der Waals surface area contributed by atoms with Crippen LogP contribution in [-0.4, -0.2) is 26.4 Å². The molecule has 0 amide bonds. The molecule has 0 radical (unpaired) electrons. The monoisotopic (exact) mass is 262 g/mol. The molecule has 7 heteroatoms. The van der Waals surface area contributed by atoms with E-state index in [0.29, 0.717) is 11.3 Å². The summed E-state index contributed by atoms with van der Waals surface area (Å²) in [6, 6.07) is 4.69. The van der Waals surface area contributed by atoms with E-state index in [1.165, 1.54) is 27.4 Å². The van der Waals surface area contributed by atoms with Crippen LogP contribution in [0.15, 0.2) is 18.2 Å². The Morgan fingerprint density at radius 2 is 1.88 bits per heavy atom. The van der Waals surface area contributed by atoms with Crippen LogP contribution in [0.3, 0.4) is 0 Å². The second-order valence-corrected chi connectivity index (χ2v) is 4.96. The highest BCUT2D eigenvalue weighted by Gasteiger charge is 2.23. The number of hydrogen-bond donors (Lipinski definition) is 1. The number of phenols is 1. The molecule has 0 saturated heterocycles. The zero-order valence-electron chi connectivity index (χ0n) is 9.87. The molecule has 0 aliphatic rings. The maximum Gasteiger partial charge on any atom is 0.474 e. The number of rotatable bonds is 6. The molecule has 0 atom stereocenters. The fraction of sp³-hybridized carbons (Fsp3) is 0.400. The van der Waals surface area contributed by atoms with Crippen molar-refractivity contribution >= 4 is 7.82 Å². The predicted molar refractivity (Wildman–Crippen MR) is 61.1 cm³/mol. The minimum absolute atomic E-state index is 0.0110. The van der Waals surface area contributed by atoms with Crippen LogP contribution >= 0.6 is 7.82 Å². The van der Waals surface area contributed by atoms with Crippen molar-refractivity contribution in [2.24, 2.45) is 0 Å². The summed E-state index contributed by atoms with van der Waals surface area (Å²) >= 11 is 0. The molecule has 1 aromatic carbocycles. The molecule has 0 aliphatic carbocycles. The highest BCUT2D eigenvalue weighted by Crippen LogP contribution is 2.48. The summed E-state index contributed by atoms with van der Waals surface area (Å²) in [6.07, 6.45) is 0. The molecule has 0 aliphatic heterocycles. The van der Waals surface area contributed by atoms with Crippen LogP contribution in [0.25, 0.3) is 0 Å². The van der Waals surface area contributed by atoms with Crippen molar-refractivity contribution in [3.05, 3.63) is 23.8 Å². The van der Waals surface area contributed by atoms with E-state index in [1.54, 1.807) is 12.1 Å². The average molecular weight is 262 g/mol. The van der Waals surface area contributed by atoms with Gasteiger partial charge in [0.05, 0.1) is 13.7 Å². The Labute approximate surface area is 99.7 Å². The molecule has 0 spiro atoms. The summed E-state index contributed by atoms with van der Waals surface area (Å²) in [5, 5.41) is 9.63. The molecule has 0 unspecified atom stereocenters. The molecule has 1 aromatic rings. The van der Waals surface area contributed by atoms with Crippen LogP contribution in [0, 0.1) is 0 Å². The lowest BCUT2D eigenvalue weighted by Crippen LogP contribution is -1.96. The molecule has 1 rings (SSSR count). The van der Waals surface area contributed by atoms with E-state index < -0.39 is 7.82 Å². The lowest BCUT2D eigenvalue weighted by Gasteiger charge is -2.14. The standard InChI is InChI=1S/C10H15O6P/c1-13-9-5-4-8(10(11)6-9)7-16-17(12,14-2)15-3/h4-6,11H,7H2,1-3H3. The van der Waals surface area contributed by atoms with Crippen LogP contribution in [-0.2, 0) is 24.7 Å². The van der Waals surface area contributed by atoms with E-state index in [1.807, 2.05) is 0 Å². The average Bonchev–Trinajstić information content (AvgIpc) is 2.36. The molecule has 0 saturated carbocycles. The molecule has 0 aromatic heterocycles. The Hall–Kier alpha value is -1.07. The summed E-state index contributed by atoms with van der Waals surface area (Å²) in [5.41, 5.74) is 0.458. The molecule has 1 N–H and O–H groups in total. The summed E-state index contributed by atoms with van der Waals surface area (Å²) < 4.78 is 30.7. The van der Waals surface area contributed by atoms with Crippen molar-refractivity contribution in [1.82, 2.24) is 0 Å². The number of phosphoric acid groups is 1. The van der Waals surface area contributed by atoms with Gasteiger partial charge in [-0.3, -0.25) is 13.6 Å². The lowest BCUT2D eigenvalue weighted by molar-refractivity contribution is 0.145. The minimum atomic E-state index is -3.53. The van der Waals surface area contributed by atoms with Gasteiger partial charge in [-0.15, -0.1) is 0 Å². The van der Waals surface area contributed by atoms with Crippen molar-refractivity contribution in [3.63, 3.8) is 0 Å². The Morgan fingerprint density at radius 3 is 2.35 bits per heavy atom. The SMILES string of the molecule is COc1ccc(COP(=O)(OC)OC)c(O)c1. The van der Waals surface area contributed by atoms with Gasteiger partial charge in [-0.05, 0) is 12.1 Å². The van der Waals surface area contributed by atoms with Gasteiger partial charge in [-0.1, -0.05) is 0 Å². The van der Waals surface area contributed by atoms with E-state index in [0.717, 1.165) is 0 Å². The van der Waals surface area contributed by atoms with Crippen LogP contribution in [0.1, 0.15) is 5.56 Å². The number of methoxy groups -OCH3 is 1. The summed E-state index contributed by atoms with van der Waals surface area (Å²) in [7, 11) is 0.408. The Bertz CT molecular complexity index is 411. The fourth-order valence-corrected chi connectivity index (χ4v) is 1.78. The van der Waals surface area contributed by atoms with Crippen molar-refractivity contribution < 1.29 is 28.0 Å². The van der Waals surface area contributed by atoms with Gasteiger partial charge in [0.15, 0.2) is 0 Å². The second kappa shape index (κ2) is 6.02. The van der Waals surface area contributed by atoms with Gasteiger partial charge < -0.3 is 9.84 Å². The molecule has 0 fully saturated rings. The summed E-state index contributed by atoms with van der Waals surface area (Å²) in [4.78, 5) is 0. The van der Waals surface area contributed by atoms with Crippen LogP contribution in [0.2, 0.25) is 0 Å².